The van der Waals surface area contributed by atoms with Gasteiger partial charge in [-0.25, -0.2) is 9.13 Å². The highest BCUT2D eigenvalue weighted by Crippen LogP contribution is 2.45. The minimum Gasteiger partial charge on any atom is -0.462 e. The first-order valence-corrected chi connectivity index (χ1v) is 46.1. The van der Waals surface area contributed by atoms with E-state index in [0.717, 1.165) is 95.8 Å². The van der Waals surface area contributed by atoms with Gasteiger partial charge in [-0.1, -0.05) is 394 Å². The van der Waals surface area contributed by atoms with Crippen molar-refractivity contribution in [3.8, 4) is 0 Å². The van der Waals surface area contributed by atoms with Crippen molar-refractivity contribution >= 4 is 39.5 Å². The van der Waals surface area contributed by atoms with Gasteiger partial charge in [0, 0.05) is 25.7 Å². The Hall–Kier alpha value is -1.94. The molecule has 0 aromatic rings. The zero-order valence-electron chi connectivity index (χ0n) is 66.8. The van der Waals surface area contributed by atoms with E-state index >= 15 is 0 Å². The molecule has 0 spiro atoms. The number of unbranched alkanes of at least 4 members (excludes halogenated alkanes) is 55. The summed E-state index contributed by atoms with van der Waals surface area (Å²) in [6.07, 6.45) is 68.0. The molecule has 606 valence electrons. The summed E-state index contributed by atoms with van der Waals surface area (Å²) in [5.41, 5.74) is 0. The molecular weight excluding hydrogens is 1330 g/mol. The molecule has 0 heterocycles. The third-order valence-corrected chi connectivity index (χ3v) is 21.4. The lowest BCUT2D eigenvalue weighted by molar-refractivity contribution is -0.161. The van der Waals surface area contributed by atoms with Crippen molar-refractivity contribution in [1.29, 1.82) is 0 Å². The summed E-state index contributed by atoms with van der Waals surface area (Å²) in [6.45, 7) is 7.37. The van der Waals surface area contributed by atoms with Crippen LogP contribution in [0.15, 0.2) is 0 Å². The van der Waals surface area contributed by atoms with Crippen LogP contribution in [0.1, 0.15) is 446 Å². The monoisotopic (exact) mass is 1490 g/mol. The van der Waals surface area contributed by atoms with Crippen molar-refractivity contribution < 1.29 is 80.2 Å². The highest BCUT2D eigenvalue weighted by molar-refractivity contribution is 7.47. The van der Waals surface area contributed by atoms with Gasteiger partial charge in [-0.2, -0.15) is 0 Å². The fourth-order valence-corrected chi connectivity index (χ4v) is 14.5. The van der Waals surface area contributed by atoms with Crippen molar-refractivity contribution in [3.05, 3.63) is 0 Å². The smallest absolute Gasteiger partial charge is 0.462 e. The summed E-state index contributed by atoms with van der Waals surface area (Å²) in [7, 11) is -9.92. The van der Waals surface area contributed by atoms with Crippen LogP contribution in [0, 0.1) is 5.92 Å². The molecule has 2 unspecified atom stereocenters. The van der Waals surface area contributed by atoms with E-state index in [9.17, 15) is 43.2 Å². The number of aliphatic hydroxyl groups is 1. The fraction of sp³-hybridized carbons (Fsp3) is 0.952. The lowest BCUT2D eigenvalue weighted by Crippen LogP contribution is -2.30. The Balaban J connectivity index is 5.21. The molecule has 3 N–H and O–H groups in total. The maximum atomic E-state index is 13.1. The third kappa shape index (κ3) is 76.3. The first-order valence-electron chi connectivity index (χ1n) is 43.1. The van der Waals surface area contributed by atoms with Crippen LogP contribution >= 0.6 is 15.6 Å². The molecule has 0 bridgehead atoms. The second-order valence-corrected chi connectivity index (χ2v) is 33.3. The van der Waals surface area contributed by atoms with E-state index in [1.54, 1.807) is 0 Å². The zero-order chi connectivity index (χ0) is 74.8. The molecule has 5 atom stereocenters. The second kappa shape index (κ2) is 75.9. The molecular formula is C83H162O17P2. The van der Waals surface area contributed by atoms with Gasteiger partial charge < -0.3 is 33.8 Å². The lowest BCUT2D eigenvalue weighted by Gasteiger charge is -2.21. The van der Waals surface area contributed by atoms with Crippen molar-refractivity contribution in [2.75, 3.05) is 39.6 Å². The molecule has 0 saturated heterocycles. The molecule has 0 rings (SSSR count). The molecule has 0 aromatic heterocycles. The van der Waals surface area contributed by atoms with Gasteiger partial charge in [-0.3, -0.25) is 37.3 Å². The highest BCUT2D eigenvalue weighted by atomic mass is 31.2. The number of rotatable bonds is 83. The van der Waals surface area contributed by atoms with Crippen LogP contribution in [-0.4, -0.2) is 96.7 Å². The van der Waals surface area contributed by atoms with Crippen molar-refractivity contribution in [3.63, 3.8) is 0 Å². The van der Waals surface area contributed by atoms with E-state index in [2.05, 4.69) is 34.6 Å². The largest absolute Gasteiger partial charge is 0.472 e. The van der Waals surface area contributed by atoms with Crippen LogP contribution in [0.3, 0.4) is 0 Å². The van der Waals surface area contributed by atoms with Gasteiger partial charge in [0.2, 0.25) is 0 Å². The second-order valence-electron chi connectivity index (χ2n) is 30.3. The predicted molar refractivity (Wildman–Crippen MR) is 418 cm³/mol. The molecule has 0 aliphatic heterocycles. The predicted octanol–water partition coefficient (Wildman–Crippen LogP) is 25.2. The van der Waals surface area contributed by atoms with E-state index in [4.69, 9.17) is 37.0 Å². The SMILES string of the molecule is CCCCCCCCCCCCCCCCCCCC(=O)OC[C@H](COP(=O)(O)OC[C@@H](O)COP(=O)(O)OC[C@@H](COC(=O)CCCCCCCCCCC)OC(=O)CCCCCCCCCCCCCCCCCCC)OC(=O)CCCCCCCCCCCCCCCCCCC(C)C. The Morgan fingerprint density at radius 3 is 0.667 bits per heavy atom. The Labute approximate surface area is 626 Å². The first kappa shape index (κ1) is 100. The Bertz CT molecular complexity index is 1940. The van der Waals surface area contributed by atoms with Crippen LogP contribution in [0.25, 0.3) is 0 Å². The summed E-state index contributed by atoms with van der Waals surface area (Å²) in [4.78, 5) is 73.1. The van der Waals surface area contributed by atoms with E-state index < -0.39 is 97.5 Å². The highest BCUT2D eigenvalue weighted by Gasteiger charge is 2.30. The van der Waals surface area contributed by atoms with Crippen LogP contribution < -0.4 is 0 Å². The molecule has 0 aliphatic rings. The maximum absolute atomic E-state index is 13.1. The Morgan fingerprint density at radius 1 is 0.265 bits per heavy atom. The van der Waals surface area contributed by atoms with Crippen LogP contribution in [0.4, 0.5) is 0 Å². The lowest BCUT2D eigenvalue weighted by atomic mass is 10.0. The van der Waals surface area contributed by atoms with Gasteiger partial charge in [0.1, 0.15) is 19.3 Å². The molecule has 0 aliphatic carbocycles. The van der Waals surface area contributed by atoms with E-state index in [-0.39, 0.29) is 25.7 Å². The number of carbonyl (C=O) groups is 4. The Kier molecular flexibility index (Phi) is 74.4. The van der Waals surface area contributed by atoms with E-state index in [1.807, 2.05) is 0 Å². The third-order valence-electron chi connectivity index (χ3n) is 19.5. The van der Waals surface area contributed by atoms with Gasteiger partial charge in [0.25, 0.3) is 0 Å². The van der Waals surface area contributed by atoms with Gasteiger partial charge in [0.15, 0.2) is 12.2 Å². The first-order chi connectivity index (χ1) is 49.5. The van der Waals surface area contributed by atoms with E-state index in [0.29, 0.717) is 25.7 Å². The van der Waals surface area contributed by atoms with Crippen molar-refractivity contribution in [2.24, 2.45) is 5.92 Å². The number of carbonyl (C=O) groups excluding carboxylic acids is 4. The minimum atomic E-state index is -4.96. The summed E-state index contributed by atoms with van der Waals surface area (Å²) in [5.74, 6) is -1.29. The van der Waals surface area contributed by atoms with Gasteiger partial charge >= 0.3 is 39.5 Å². The molecule has 0 saturated carbocycles. The standard InChI is InChI=1S/C83H162O17P2/c1-6-9-12-15-18-21-23-25-27-29-34-38-42-47-52-57-62-67-81(86)94-73-79(100-83(88)69-64-59-54-49-44-40-36-32-31-33-37-41-46-50-55-60-65-76(4)5)75-98-102(91,92)96-71-77(84)70-95-101(89,90)97-74-78(72-93-80(85)66-61-56-51-45-20-17-14-11-8-3)99-82(87)68-63-58-53-48-43-39-35-30-28-26-24-22-19-16-13-10-7-2/h76-79,84H,6-75H2,1-5H3,(H,89,90)(H,91,92)/t77-,78+,79+/m0/s1. The average molecular weight is 1490 g/mol. The maximum Gasteiger partial charge on any atom is 0.472 e. The molecule has 0 aromatic carbocycles. The van der Waals surface area contributed by atoms with Gasteiger partial charge in [0.05, 0.1) is 26.4 Å². The number of hydrogen-bond acceptors (Lipinski definition) is 15. The number of ether oxygens (including phenoxy) is 4. The number of hydrogen-bond donors (Lipinski definition) is 3. The molecule has 17 nitrogen and oxygen atoms in total. The zero-order valence-corrected chi connectivity index (χ0v) is 68.5. The molecule has 19 heteroatoms. The quantitative estimate of drug-likeness (QED) is 0.0222. The van der Waals surface area contributed by atoms with Crippen LogP contribution in [0.5, 0.6) is 0 Å². The molecule has 0 radical (unpaired) electrons. The molecule has 0 amide bonds. The molecule has 0 fully saturated rings. The van der Waals surface area contributed by atoms with E-state index in [1.165, 1.54) is 270 Å². The van der Waals surface area contributed by atoms with Crippen LogP contribution in [0.2, 0.25) is 0 Å². The van der Waals surface area contributed by atoms with Gasteiger partial charge in [-0.05, 0) is 31.6 Å². The fourth-order valence-electron chi connectivity index (χ4n) is 12.9. The topological polar surface area (TPSA) is 237 Å². The summed E-state index contributed by atoms with van der Waals surface area (Å²) >= 11 is 0. The molecule has 102 heavy (non-hydrogen) atoms. The normalized spacial score (nSPS) is 13.8. The average Bonchev–Trinajstić information content (AvgIpc) is 0.909. The number of phosphoric ester groups is 2. The Morgan fingerprint density at radius 2 is 0.451 bits per heavy atom. The summed E-state index contributed by atoms with van der Waals surface area (Å²) in [6, 6.07) is 0. The minimum absolute atomic E-state index is 0.109. The summed E-state index contributed by atoms with van der Waals surface area (Å²) in [5, 5.41) is 10.7. The van der Waals surface area contributed by atoms with Crippen molar-refractivity contribution in [1.82, 2.24) is 0 Å². The number of phosphoric acid groups is 2. The number of esters is 4. The van der Waals surface area contributed by atoms with Crippen molar-refractivity contribution in [2.45, 2.75) is 464 Å². The van der Waals surface area contributed by atoms with Gasteiger partial charge in [-0.15, -0.1) is 0 Å². The summed E-state index contributed by atoms with van der Waals surface area (Å²) < 4.78 is 68.8. The number of aliphatic hydroxyl groups excluding tert-OH is 1. The van der Waals surface area contributed by atoms with Crippen LogP contribution in [-0.2, 0) is 65.4 Å².